The van der Waals surface area contributed by atoms with E-state index in [-0.39, 0.29) is 22.4 Å². The van der Waals surface area contributed by atoms with Crippen LogP contribution in [0.15, 0.2) is 63.2 Å². The number of carboxylic acids is 2. The first-order valence-corrected chi connectivity index (χ1v) is 17.9. The van der Waals surface area contributed by atoms with Gasteiger partial charge in [-0.15, -0.1) is 23.1 Å². The van der Waals surface area contributed by atoms with Crippen LogP contribution in [0.5, 0.6) is 0 Å². The molecule has 0 spiro atoms. The molecule has 2 amide bonds. The monoisotopic (exact) mass is 742 g/mol. The van der Waals surface area contributed by atoms with Crippen molar-refractivity contribution >= 4 is 81.0 Å². The number of imidazole rings is 1. The van der Waals surface area contributed by atoms with Crippen LogP contribution in [0.2, 0.25) is 0 Å². The van der Waals surface area contributed by atoms with Gasteiger partial charge in [-0.05, 0) is 31.6 Å². The van der Waals surface area contributed by atoms with Gasteiger partial charge < -0.3 is 30.7 Å². The number of hydrogen-bond donors (Lipinski definition) is 4. The van der Waals surface area contributed by atoms with Gasteiger partial charge >= 0.3 is 11.9 Å². The fourth-order valence-electron chi connectivity index (χ4n) is 4.59. The molecule has 17 nitrogen and oxygen atoms in total. The van der Waals surface area contributed by atoms with E-state index in [1.54, 1.807) is 18.7 Å². The molecule has 0 bridgehead atoms. The van der Waals surface area contributed by atoms with Crippen LogP contribution in [0.25, 0.3) is 11.3 Å². The lowest BCUT2D eigenvalue weighted by molar-refractivity contribution is -0.161. The number of aliphatic carboxylic acids is 2. The Labute approximate surface area is 293 Å². The van der Waals surface area contributed by atoms with Crippen molar-refractivity contribution in [2.45, 2.75) is 41.7 Å². The summed E-state index contributed by atoms with van der Waals surface area (Å²) in [6, 6.07) is 2.68. The van der Waals surface area contributed by atoms with E-state index in [0.717, 1.165) is 37.7 Å². The second kappa shape index (κ2) is 13.9. The van der Waals surface area contributed by atoms with E-state index >= 15 is 0 Å². The topological polar surface area (TPSA) is 241 Å². The Kier molecular flexibility index (Phi) is 9.68. The molecular formula is C28H26N10O7S4. The number of carboxylic acid groups (broad SMARTS) is 2. The summed E-state index contributed by atoms with van der Waals surface area (Å²) in [6.07, 6.45) is 7.08. The van der Waals surface area contributed by atoms with E-state index in [4.69, 9.17) is 10.6 Å². The largest absolute Gasteiger partial charge is 0.478 e. The van der Waals surface area contributed by atoms with Crippen molar-refractivity contribution < 1.29 is 34.2 Å². The Balaban J connectivity index is 1.11. The Morgan fingerprint density at radius 2 is 2.08 bits per heavy atom. The van der Waals surface area contributed by atoms with Gasteiger partial charge in [0.05, 0.1) is 24.3 Å². The number of pyridine rings is 1. The normalized spacial score (nSPS) is 17.8. The number of β-lactam (4-membered cyclic amide) rings is 1. The minimum Gasteiger partial charge on any atom is -0.478 e. The number of thiazole rings is 1. The summed E-state index contributed by atoms with van der Waals surface area (Å²) in [5.41, 5.74) is 6.29. The molecule has 6 heterocycles. The van der Waals surface area contributed by atoms with Gasteiger partial charge in [0, 0.05) is 52.6 Å². The average Bonchev–Trinajstić information content (AvgIpc) is 3.84. The summed E-state index contributed by atoms with van der Waals surface area (Å²) in [5.74, 6) is -3.81. The van der Waals surface area contributed by atoms with Crippen molar-refractivity contribution in [1.82, 2.24) is 39.1 Å². The maximum absolute atomic E-state index is 13.3. The number of fused-ring (bicyclic) bond motifs is 1. The van der Waals surface area contributed by atoms with Crippen LogP contribution in [-0.2, 0) is 30.6 Å². The van der Waals surface area contributed by atoms with E-state index in [1.807, 2.05) is 28.3 Å². The highest BCUT2D eigenvalue weighted by molar-refractivity contribution is 8.01. The van der Waals surface area contributed by atoms with E-state index < -0.39 is 46.5 Å². The van der Waals surface area contributed by atoms with Crippen LogP contribution in [0, 0.1) is 0 Å². The lowest BCUT2D eigenvalue weighted by Crippen LogP contribution is -2.71. The van der Waals surface area contributed by atoms with Gasteiger partial charge in [-0.3, -0.25) is 19.5 Å². The lowest BCUT2D eigenvalue weighted by Gasteiger charge is -2.49. The van der Waals surface area contributed by atoms with Crippen molar-refractivity contribution in [3.05, 3.63) is 65.2 Å². The Hall–Kier alpha value is -4.86. The fraction of sp³-hybridized carbons (Fsp3) is 0.286. The van der Waals surface area contributed by atoms with Crippen molar-refractivity contribution in [2.75, 3.05) is 17.2 Å². The van der Waals surface area contributed by atoms with Crippen LogP contribution < -0.4 is 11.1 Å². The van der Waals surface area contributed by atoms with Crippen LogP contribution in [0.1, 0.15) is 25.4 Å². The minimum absolute atomic E-state index is 0.0194. The molecule has 0 aromatic carbocycles. The molecule has 0 radical (unpaired) electrons. The smallest absolute Gasteiger partial charge is 0.352 e. The van der Waals surface area contributed by atoms with E-state index in [2.05, 4.69) is 34.8 Å². The van der Waals surface area contributed by atoms with Crippen molar-refractivity contribution in [3.8, 4) is 11.3 Å². The molecule has 254 valence electrons. The van der Waals surface area contributed by atoms with Gasteiger partial charge in [0.2, 0.25) is 17.1 Å². The third kappa shape index (κ3) is 7.28. The summed E-state index contributed by atoms with van der Waals surface area (Å²) in [4.78, 5) is 73.8. The summed E-state index contributed by atoms with van der Waals surface area (Å²) >= 11 is 4.88. The molecule has 2 aliphatic heterocycles. The lowest BCUT2D eigenvalue weighted by atomic mass is 10.0. The van der Waals surface area contributed by atoms with E-state index in [9.17, 15) is 29.4 Å². The third-order valence-electron chi connectivity index (χ3n) is 7.12. The minimum atomic E-state index is -1.80. The van der Waals surface area contributed by atoms with Crippen molar-refractivity contribution in [2.24, 2.45) is 5.16 Å². The van der Waals surface area contributed by atoms with Gasteiger partial charge in [-0.1, -0.05) is 16.9 Å². The first kappa shape index (κ1) is 34.0. The molecule has 0 saturated carbocycles. The second-order valence-corrected chi connectivity index (χ2v) is 15.0. The van der Waals surface area contributed by atoms with Crippen LogP contribution in [0.3, 0.4) is 0 Å². The first-order valence-electron chi connectivity index (χ1n) is 14.2. The van der Waals surface area contributed by atoms with Crippen molar-refractivity contribution in [3.63, 3.8) is 0 Å². The summed E-state index contributed by atoms with van der Waals surface area (Å²) < 4.78 is 6.60. The summed E-state index contributed by atoms with van der Waals surface area (Å²) in [5, 5.41) is 26.9. The third-order valence-corrected chi connectivity index (χ3v) is 11.2. The number of nitrogen functional groups attached to an aromatic ring is 1. The van der Waals surface area contributed by atoms with E-state index in [0.29, 0.717) is 17.9 Å². The van der Waals surface area contributed by atoms with E-state index in [1.165, 1.54) is 48.7 Å². The molecule has 2 aliphatic rings. The molecule has 21 heteroatoms. The number of nitrogens with zero attached hydrogens (tertiary/aromatic N) is 8. The number of hydrogen-bond acceptors (Lipinski definition) is 16. The summed E-state index contributed by atoms with van der Waals surface area (Å²) in [6.45, 7) is 2.96. The highest BCUT2D eigenvalue weighted by atomic mass is 32.2. The molecule has 0 unspecified atom stereocenters. The van der Waals surface area contributed by atoms with Gasteiger partial charge in [0.25, 0.3) is 11.8 Å². The van der Waals surface area contributed by atoms with Crippen LogP contribution >= 0.6 is 46.4 Å². The number of oxime groups is 1. The average molecular weight is 743 g/mol. The number of aromatic nitrogens is 6. The van der Waals surface area contributed by atoms with Gasteiger partial charge in [0.1, 0.15) is 17.1 Å². The highest BCUT2D eigenvalue weighted by Gasteiger charge is 2.54. The van der Waals surface area contributed by atoms with Gasteiger partial charge in [0.15, 0.2) is 9.47 Å². The Morgan fingerprint density at radius 1 is 1.27 bits per heavy atom. The number of thioether (sulfide) groups is 2. The zero-order valence-corrected chi connectivity index (χ0v) is 28.8. The van der Waals surface area contributed by atoms with Crippen LogP contribution in [0.4, 0.5) is 5.13 Å². The zero-order chi connectivity index (χ0) is 34.9. The standard InChI is InChI=1S/C28H26N10O7S4/c1-28(2,25(43)44)45-35-17(20-34-26(29)49-36-20)21(39)33-18-22(40)38-19(24(41)42)14(9-46-23(18)38)10-47-27-32-15(11-48-27)7-37-8-16(31-12-37)13-4-3-5-30-6-13/h3-6,8,11-12,18,23H,7,9-10H2,1-2H3,(H,33,39)(H,41,42)(H,43,44)(H2,29,34,36)/b35-17+/t18-,23-/m1/s1. The molecule has 4 aromatic heterocycles. The van der Waals surface area contributed by atoms with Gasteiger partial charge in [-0.25, -0.2) is 19.6 Å². The molecule has 4 aromatic rings. The Morgan fingerprint density at radius 3 is 2.78 bits per heavy atom. The SMILES string of the molecule is CC(C)(O/N=C(/C(=O)N[C@@H]1C(=O)N2C(C(=O)O)=C(CSc3nc(Cn4cnc(-c5cccnc5)c4)cs3)CS[C@H]12)c1nsc(N)n1)C(=O)O. The highest BCUT2D eigenvalue weighted by Crippen LogP contribution is 2.42. The zero-order valence-electron chi connectivity index (χ0n) is 25.5. The quantitative estimate of drug-likeness (QED) is 0.0663. The fourth-order valence-corrected chi connectivity index (χ4v) is 8.35. The number of nitrogens with one attached hydrogen (secondary N) is 1. The number of rotatable bonds is 13. The molecular weight excluding hydrogens is 717 g/mol. The van der Waals surface area contributed by atoms with Crippen LogP contribution in [-0.4, -0.2) is 102 Å². The Bertz CT molecular complexity index is 1990. The number of carbonyl (C=O) groups is 4. The maximum Gasteiger partial charge on any atom is 0.352 e. The molecule has 1 saturated heterocycles. The molecule has 6 rings (SSSR count). The molecule has 5 N–H and O–H groups in total. The molecule has 49 heavy (non-hydrogen) atoms. The van der Waals surface area contributed by atoms with Gasteiger partial charge in [-0.2, -0.15) is 9.36 Å². The molecule has 0 aliphatic carbocycles. The molecule has 1 fully saturated rings. The predicted octanol–water partition coefficient (Wildman–Crippen LogP) is 2.00. The number of nitrogens with two attached hydrogens (primary N) is 1. The maximum atomic E-state index is 13.3. The predicted molar refractivity (Wildman–Crippen MR) is 181 cm³/mol. The van der Waals surface area contributed by atoms with Crippen molar-refractivity contribution in [1.29, 1.82) is 0 Å². The summed E-state index contributed by atoms with van der Waals surface area (Å²) in [7, 11) is 0. The number of amides is 2. The number of carbonyl (C=O) groups excluding carboxylic acids is 2. The first-order chi connectivity index (χ1) is 23.4. The molecule has 2 atom stereocenters. The number of anilines is 1. The second-order valence-electron chi connectivity index (χ2n) is 11.0.